The van der Waals surface area contributed by atoms with E-state index in [9.17, 15) is 4.79 Å². The molecule has 0 fully saturated rings. The maximum atomic E-state index is 11.2. The monoisotopic (exact) mass is 363 g/mol. The highest BCUT2D eigenvalue weighted by Crippen LogP contribution is 2.09. The van der Waals surface area contributed by atoms with Gasteiger partial charge >= 0.3 is 26.8 Å². The molecule has 19 heavy (non-hydrogen) atoms. The highest BCUT2D eigenvalue weighted by molar-refractivity contribution is 5.75. The fourth-order valence-electron chi connectivity index (χ4n) is 1.82. The normalized spacial score (nSPS) is 10.8. The van der Waals surface area contributed by atoms with Crippen LogP contribution in [0.1, 0.15) is 5.56 Å². The van der Waals surface area contributed by atoms with E-state index in [1.165, 1.54) is 18.8 Å². The largest absolute Gasteiger partial charge is 0.423 e. The lowest BCUT2D eigenvalue weighted by Gasteiger charge is -1.94. The van der Waals surface area contributed by atoms with Crippen molar-refractivity contribution in [3.05, 3.63) is 77.7 Å². The zero-order chi connectivity index (χ0) is 13.2. The first-order valence-corrected chi connectivity index (χ1v) is 8.12. The zero-order valence-corrected chi connectivity index (χ0v) is 12.5. The second-order valence-electron chi connectivity index (χ2n) is 4.33. The van der Waals surface area contributed by atoms with Crippen molar-refractivity contribution in [2.75, 3.05) is 0 Å². The number of aryl methyl sites for hydroxylation is 1. The van der Waals surface area contributed by atoms with Crippen molar-refractivity contribution in [1.82, 2.24) is 0 Å². The molecule has 0 bridgehead atoms. The minimum atomic E-state index is -0.293. The van der Waals surface area contributed by atoms with E-state index < -0.39 is 0 Å². The van der Waals surface area contributed by atoms with E-state index in [0.29, 0.717) is 5.58 Å². The topological polar surface area (TPSA) is 30.2 Å². The second-order valence-corrected chi connectivity index (χ2v) is 7.36. The first-order valence-electron chi connectivity index (χ1n) is 5.96. The molecule has 2 aromatic carbocycles. The predicted molar refractivity (Wildman–Crippen MR) is 71.1 cm³/mol. The van der Waals surface area contributed by atoms with E-state index in [-0.39, 0.29) is 26.8 Å². The molecule has 0 saturated carbocycles. The molecule has 0 aliphatic carbocycles. The van der Waals surface area contributed by atoms with Crippen molar-refractivity contribution in [2.24, 2.45) is 0 Å². The molecule has 0 atom stereocenters. The molecule has 0 aliphatic rings. The summed E-state index contributed by atoms with van der Waals surface area (Å²) in [6.45, 7) is 2.09. The molecule has 2 nitrogen and oxygen atoms in total. The van der Waals surface area contributed by atoms with Crippen LogP contribution in [0.2, 0.25) is 0 Å². The second kappa shape index (κ2) is 5.17. The van der Waals surface area contributed by atoms with Crippen molar-refractivity contribution in [3.63, 3.8) is 0 Å². The fourth-order valence-corrected chi connectivity index (χ4v) is 4.05. The van der Waals surface area contributed by atoms with Gasteiger partial charge in [-0.2, -0.15) is 0 Å². The van der Waals surface area contributed by atoms with Gasteiger partial charge in [0.25, 0.3) is 0 Å². The Morgan fingerprint density at radius 3 is 2.37 bits per heavy atom. The van der Waals surface area contributed by atoms with Crippen LogP contribution in [0.15, 0.2) is 63.8 Å². The molecule has 94 valence electrons. The first-order chi connectivity index (χ1) is 9.20. The molecule has 0 aliphatic heterocycles. The minimum absolute atomic E-state index is 0.231. The third kappa shape index (κ3) is 2.87. The summed E-state index contributed by atoms with van der Waals surface area (Å²) in [5, 5.41) is 0.969. The van der Waals surface area contributed by atoms with Gasteiger partial charge in [0.1, 0.15) is 5.58 Å². The Morgan fingerprint density at radius 2 is 1.58 bits per heavy atom. The van der Waals surface area contributed by atoms with Crippen molar-refractivity contribution >= 4 is 11.0 Å². The zero-order valence-electron chi connectivity index (χ0n) is 10.4. The summed E-state index contributed by atoms with van der Waals surface area (Å²) in [6, 6.07) is 18.0. The number of hydrogen-bond donors (Lipinski definition) is 0. The molecule has 0 unspecified atom stereocenters. The highest BCUT2D eigenvalue weighted by atomic mass is 127. The number of halogens is 1. The van der Waals surface area contributed by atoms with Crippen LogP contribution >= 0.6 is 0 Å². The van der Waals surface area contributed by atoms with Gasteiger partial charge < -0.3 is 4.42 Å². The van der Waals surface area contributed by atoms with Crippen molar-refractivity contribution in [2.45, 2.75) is 6.92 Å². The number of fused-ring (bicyclic) bond motifs is 1. The summed E-state index contributed by atoms with van der Waals surface area (Å²) in [5.74, 6) is 0. The third-order valence-electron chi connectivity index (χ3n) is 2.81. The Kier molecular flexibility index (Phi) is 3.38. The van der Waals surface area contributed by atoms with E-state index >= 15 is 0 Å². The van der Waals surface area contributed by atoms with E-state index in [1.54, 1.807) is 6.07 Å². The SMILES string of the molecule is Cc1ccc([I+]c2ccc3ccc(=O)oc3c2)cc1. The molecule has 0 saturated heterocycles. The quantitative estimate of drug-likeness (QED) is 0.482. The van der Waals surface area contributed by atoms with E-state index in [0.717, 1.165) is 5.39 Å². The van der Waals surface area contributed by atoms with Crippen LogP contribution in [0.4, 0.5) is 0 Å². The molecular weight excluding hydrogens is 351 g/mol. The molecule has 1 aromatic heterocycles. The molecule has 0 N–H and O–H groups in total. The van der Waals surface area contributed by atoms with Crippen LogP contribution in [0.3, 0.4) is 0 Å². The Morgan fingerprint density at radius 1 is 0.895 bits per heavy atom. The van der Waals surface area contributed by atoms with Gasteiger partial charge in [0, 0.05) is 17.5 Å². The van der Waals surface area contributed by atoms with E-state index in [1.807, 2.05) is 12.1 Å². The molecule has 1 heterocycles. The van der Waals surface area contributed by atoms with Gasteiger partial charge in [-0.3, -0.25) is 0 Å². The molecule has 3 rings (SSSR count). The Labute approximate surface area is 121 Å². The lowest BCUT2D eigenvalue weighted by molar-refractivity contribution is -0.597. The first kappa shape index (κ1) is 12.4. The summed E-state index contributed by atoms with van der Waals surface area (Å²) in [5.41, 5.74) is 1.66. The number of rotatable bonds is 2. The van der Waals surface area contributed by atoms with Crippen molar-refractivity contribution in [1.29, 1.82) is 0 Å². The smallest absolute Gasteiger partial charge is 0.358 e. The van der Waals surface area contributed by atoms with E-state index in [2.05, 4.69) is 37.3 Å². The van der Waals surface area contributed by atoms with Gasteiger partial charge in [-0.1, -0.05) is 17.7 Å². The van der Waals surface area contributed by atoms with Gasteiger partial charge in [-0.15, -0.1) is 0 Å². The summed E-state index contributed by atoms with van der Waals surface area (Å²) in [7, 11) is 0. The van der Waals surface area contributed by atoms with Gasteiger partial charge in [0.05, 0.1) is 0 Å². The Balaban J connectivity index is 1.96. The Hall–Kier alpha value is -1.62. The van der Waals surface area contributed by atoms with Crippen LogP contribution in [0.25, 0.3) is 11.0 Å². The number of hydrogen-bond acceptors (Lipinski definition) is 2. The summed E-state index contributed by atoms with van der Waals surface area (Å²) < 4.78 is 7.84. The standard InChI is InChI=1S/C16H12IO2/c1-11-2-6-13(7-3-11)17-14-8-4-12-5-9-16(18)19-15(12)10-14/h2-10H,1H3/q+1. The fraction of sp³-hybridized carbons (Fsp3) is 0.0625. The van der Waals surface area contributed by atoms with E-state index in [4.69, 9.17) is 4.42 Å². The summed E-state index contributed by atoms with van der Waals surface area (Å²) in [6.07, 6.45) is 0. The molecule has 0 spiro atoms. The lowest BCUT2D eigenvalue weighted by atomic mass is 10.2. The minimum Gasteiger partial charge on any atom is -0.423 e. The lowest BCUT2D eigenvalue weighted by Crippen LogP contribution is -3.61. The van der Waals surface area contributed by atoms with Gasteiger partial charge in [-0.05, 0) is 37.3 Å². The molecule has 3 aromatic rings. The van der Waals surface area contributed by atoms with Gasteiger partial charge in [-0.25, -0.2) is 4.79 Å². The predicted octanol–water partition coefficient (Wildman–Crippen LogP) is 0.230. The molecular formula is C16H12IO2+. The van der Waals surface area contributed by atoms with Gasteiger partial charge in [0.15, 0.2) is 7.14 Å². The average molecular weight is 363 g/mol. The third-order valence-corrected chi connectivity index (χ3v) is 5.45. The molecule has 0 amide bonds. The number of benzene rings is 2. The van der Waals surface area contributed by atoms with Crippen molar-refractivity contribution in [3.8, 4) is 0 Å². The molecule has 0 radical (unpaired) electrons. The average Bonchev–Trinajstić information content (AvgIpc) is 2.41. The summed E-state index contributed by atoms with van der Waals surface area (Å²) in [4.78, 5) is 11.2. The highest BCUT2D eigenvalue weighted by Gasteiger charge is 2.16. The van der Waals surface area contributed by atoms with Crippen molar-refractivity contribution < 1.29 is 25.6 Å². The van der Waals surface area contributed by atoms with Crippen LogP contribution in [-0.4, -0.2) is 0 Å². The molecule has 3 heteroatoms. The maximum absolute atomic E-state index is 11.2. The maximum Gasteiger partial charge on any atom is 0.358 e. The van der Waals surface area contributed by atoms with Gasteiger partial charge in [0.2, 0.25) is 0 Å². The Bertz CT molecular complexity index is 773. The van der Waals surface area contributed by atoms with Crippen LogP contribution < -0.4 is 26.8 Å². The van der Waals surface area contributed by atoms with Crippen LogP contribution in [-0.2, 0) is 0 Å². The summed E-state index contributed by atoms with van der Waals surface area (Å²) >= 11 is -0.231. The van der Waals surface area contributed by atoms with Crippen LogP contribution in [0.5, 0.6) is 0 Å². The van der Waals surface area contributed by atoms with Crippen LogP contribution in [0, 0.1) is 14.1 Å².